The van der Waals surface area contributed by atoms with E-state index in [0.717, 1.165) is 11.1 Å². The number of hydrogen-bond acceptors (Lipinski definition) is 0. The van der Waals surface area contributed by atoms with Crippen molar-refractivity contribution in [3.8, 4) is 0 Å². The van der Waals surface area contributed by atoms with Gasteiger partial charge in [-0.1, -0.05) is 35.9 Å². The Morgan fingerprint density at radius 2 is 1.72 bits per heavy atom. The molecule has 2 aromatic rings. The van der Waals surface area contributed by atoms with Gasteiger partial charge in [0.15, 0.2) is 0 Å². The third kappa shape index (κ3) is 2.68. The smallest absolute Gasteiger partial charge is 0.129 e. The topological polar surface area (TPSA) is 0 Å². The molecule has 2 rings (SSSR count). The van der Waals surface area contributed by atoms with Gasteiger partial charge in [-0.2, -0.15) is 0 Å². The lowest BCUT2D eigenvalue weighted by Crippen LogP contribution is -1.98. The highest BCUT2D eigenvalue weighted by molar-refractivity contribution is 6.30. The van der Waals surface area contributed by atoms with Crippen molar-refractivity contribution >= 4 is 23.2 Å². The largest absolute Gasteiger partial charge is 0.207 e. The summed E-state index contributed by atoms with van der Waals surface area (Å²) in [6, 6.07) is 10.5. The summed E-state index contributed by atoms with van der Waals surface area (Å²) in [5.74, 6) is -0.374. The maximum Gasteiger partial charge on any atom is 0.129 e. The Morgan fingerprint density at radius 3 is 2.33 bits per heavy atom. The van der Waals surface area contributed by atoms with Gasteiger partial charge in [-0.25, -0.2) is 4.39 Å². The van der Waals surface area contributed by atoms with Crippen LogP contribution < -0.4 is 0 Å². The van der Waals surface area contributed by atoms with Crippen molar-refractivity contribution in [1.82, 2.24) is 0 Å². The van der Waals surface area contributed by atoms with E-state index < -0.39 is 5.38 Å². The number of aryl methyl sites for hydroxylation is 2. The van der Waals surface area contributed by atoms with Crippen molar-refractivity contribution in [2.75, 3.05) is 0 Å². The summed E-state index contributed by atoms with van der Waals surface area (Å²) in [5.41, 5.74) is 3.68. The second kappa shape index (κ2) is 5.29. The molecule has 0 saturated carbocycles. The Balaban J connectivity index is 2.41. The highest BCUT2D eigenvalue weighted by Gasteiger charge is 2.15. The highest BCUT2D eigenvalue weighted by Crippen LogP contribution is 2.32. The second-order valence-electron chi connectivity index (χ2n) is 4.37. The molecule has 1 unspecified atom stereocenters. The second-order valence-corrected chi connectivity index (χ2v) is 5.24. The molecule has 2 aromatic carbocycles. The Labute approximate surface area is 116 Å². The minimum Gasteiger partial charge on any atom is -0.207 e. The summed E-state index contributed by atoms with van der Waals surface area (Å²) in [4.78, 5) is 0. The van der Waals surface area contributed by atoms with Crippen molar-refractivity contribution in [2.45, 2.75) is 19.2 Å². The molecule has 0 aliphatic heterocycles. The first kappa shape index (κ1) is 13.4. The van der Waals surface area contributed by atoms with E-state index in [0.29, 0.717) is 10.6 Å². The van der Waals surface area contributed by atoms with Crippen LogP contribution in [0.3, 0.4) is 0 Å². The van der Waals surface area contributed by atoms with E-state index in [-0.39, 0.29) is 5.82 Å². The molecule has 0 radical (unpaired) electrons. The number of benzene rings is 2. The van der Waals surface area contributed by atoms with Gasteiger partial charge in [-0.05, 0) is 42.7 Å². The third-order valence-electron chi connectivity index (χ3n) is 3.06. The van der Waals surface area contributed by atoms with E-state index in [2.05, 4.69) is 0 Å². The van der Waals surface area contributed by atoms with Crippen LogP contribution in [0, 0.1) is 19.7 Å². The van der Waals surface area contributed by atoms with Gasteiger partial charge in [0.25, 0.3) is 0 Å². The zero-order chi connectivity index (χ0) is 13.3. The molecule has 0 N–H and O–H groups in total. The molecule has 1 atom stereocenters. The fourth-order valence-corrected chi connectivity index (χ4v) is 2.28. The van der Waals surface area contributed by atoms with E-state index >= 15 is 0 Å². The van der Waals surface area contributed by atoms with Crippen LogP contribution in [-0.4, -0.2) is 0 Å². The molecule has 0 amide bonds. The van der Waals surface area contributed by atoms with Crippen LogP contribution in [0.1, 0.15) is 27.6 Å². The first-order chi connectivity index (χ1) is 8.49. The van der Waals surface area contributed by atoms with Gasteiger partial charge >= 0.3 is 0 Å². The van der Waals surface area contributed by atoms with Crippen molar-refractivity contribution in [2.24, 2.45) is 0 Å². The third-order valence-corrected chi connectivity index (χ3v) is 3.78. The van der Waals surface area contributed by atoms with Gasteiger partial charge in [-0.15, -0.1) is 11.6 Å². The molecule has 94 valence electrons. The van der Waals surface area contributed by atoms with Gasteiger partial charge in [0, 0.05) is 10.6 Å². The molecular weight excluding hydrogens is 270 g/mol. The minimum atomic E-state index is -0.499. The zero-order valence-electron chi connectivity index (χ0n) is 10.2. The van der Waals surface area contributed by atoms with Crippen LogP contribution in [0.15, 0.2) is 36.4 Å². The summed E-state index contributed by atoms with van der Waals surface area (Å²) in [6.07, 6.45) is 0. The molecule has 0 aliphatic carbocycles. The van der Waals surface area contributed by atoms with Crippen molar-refractivity contribution in [1.29, 1.82) is 0 Å². The molecule has 0 spiro atoms. The van der Waals surface area contributed by atoms with Gasteiger partial charge in [0.05, 0.1) is 5.38 Å². The van der Waals surface area contributed by atoms with E-state index in [4.69, 9.17) is 23.2 Å². The average molecular weight is 283 g/mol. The monoisotopic (exact) mass is 282 g/mol. The maximum absolute atomic E-state index is 13.8. The van der Waals surface area contributed by atoms with Gasteiger partial charge in [-0.3, -0.25) is 0 Å². The summed E-state index contributed by atoms with van der Waals surface area (Å²) in [6.45, 7) is 4.05. The molecule has 0 aliphatic rings. The van der Waals surface area contributed by atoms with Crippen LogP contribution in [0.4, 0.5) is 4.39 Å². The lowest BCUT2D eigenvalue weighted by molar-refractivity contribution is 0.612. The number of rotatable bonds is 2. The van der Waals surface area contributed by atoms with Crippen LogP contribution in [-0.2, 0) is 0 Å². The van der Waals surface area contributed by atoms with Crippen molar-refractivity contribution < 1.29 is 4.39 Å². The van der Waals surface area contributed by atoms with Crippen molar-refractivity contribution in [3.63, 3.8) is 0 Å². The molecule has 0 heterocycles. The standard InChI is InChI=1S/C15H13Cl2F/c1-9-3-4-11(7-10(9)2)15(17)13-6-5-12(16)8-14(13)18/h3-8,15H,1-2H3. The van der Waals surface area contributed by atoms with Crippen LogP contribution in [0.25, 0.3) is 0 Å². The lowest BCUT2D eigenvalue weighted by Gasteiger charge is -2.13. The van der Waals surface area contributed by atoms with Crippen LogP contribution >= 0.6 is 23.2 Å². The predicted molar refractivity (Wildman–Crippen MR) is 75.0 cm³/mol. The maximum atomic E-state index is 13.8. The number of alkyl halides is 1. The number of halogens is 3. The normalized spacial score (nSPS) is 12.5. The van der Waals surface area contributed by atoms with Crippen LogP contribution in [0.5, 0.6) is 0 Å². The zero-order valence-corrected chi connectivity index (χ0v) is 11.7. The summed E-state index contributed by atoms with van der Waals surface area (Å²) in [5, 5.41) is -0.123. The van der Waals surface area contributed by atoms with Gasteiger partial charge < -0.3 is 0 Å². The SMILES string of the molecule is Cc1ccc(C(Cl)c2ccc(Cl)cc2F)cc1C. The fourth-order valence-electron chi connectivity index (χ4n) is 1.81. The number of hydrogen-bond donors (Lipinski definition) is 0. The molecule has 3 heteroatoms. The first-order valence-electron chi connectivity index (χ1n) is 5.65. The summed E-state index contributed by atoms with van der Waals surface area (Å²) in [7, 11) is 0. The van der Waals surface area contributed by atoms with Gasteiger partial charge in [0.2, 0.25) is 0 Å². The van der Waals surface area contributed by atoms with E-state index in [9.17, 15) is 4.39 Å². The summed E-state index contributed by atoms with van der Waals surface area (Å²) >= 11 is 12.1. The Bertz CT molecular complexity index is 579. The molecule has 0 fully saturated rings. The van der Waals surface area contributed by atoms with E-state index in [1.54, 1.807) is 12.1 Å². The Kier molecular flexibility index (Phi) is 3.94. The van der Waals surface area contributed by atoms with E-state index in [1.165, 1.54) is 11.6 Å². The van der Waals surface area contributed by atoms with E-state index in [1.807, 2.05) is 32.0 Å². The van der Waals surface area contributed by atoms with Crippen LogP contribution in [0.2, 0.25) is 5.02 Å². The average Bonchev–Trinajstić information content (AvgIpc) is 2.32. The molecule has 0 aromatic heterocycles. The first-order valence-corrected chi connectivity index (χ1v) is 6.46. The highest BCUT2D eigenvalue weighted by atomic mass is 35.5. The molecule has 18 heavy (non-hydrogen) atoms. The fraction of sp³-hybridized carbons (Fsp3) is 0.200. The quantitative estimate of drug-likeness (QED) is 0.645. The lowest BCUT2D eigenvalue weighted by atomic mass is 10.00. The predicted octanol–water partition coefficient (Wildman–Crippen LogP) is 5.42. The molecular formula is C15H13Cl2F. The Morgan fingerprint density at radius 1 is 1.00 bits per heavy atom. The molecule has 0 saturated heterocycles. The Hall–Kier alpha value is -1.05. The van der Waals surface area contributed by atoms with Crippen molar-refractivity contribution in [3.05, 3.63) is 69.5 Å². The van der Waals surface area contributed by atoms with Gasteiger partial charge in [0.1, 0.15) is 5.82 Å². The molecule has 0 nitrogen and oxygen atoms in total. The molecule has 0 bridgehead atoms. The minimum absolute atomic E-state index is 0.374. The summed E-state index contributed by atoms with van der Waals surface area (Å²) < 4.78 is 13.8.